The first-order valence-electron chi connectivity index (χ1n) is 11.5. The number of anilines is 3. The molecule has 0 aliphatic carbocycles. The van der Waals surface area contributed by atoms with E-state index in [2.05, 4.69) is 5.32 Å². The summed E-state index contributed by atoms with van der Waals surface area (Å²) in [5.74, 6) is -1.32. The zero-order valence-electron chi connectivity index (χ0n) is 19.5. The fraction of sp³-hybridized carbons (Fsp3) is 0.214. The third kappa shape index (κ3) is 4.82. The molecule has 1 aliphatic rings. The number of amides is 2. The summed E-state index contributed by atoms with van der Waals surface area (Å²) < 4.78 is 0. The summed E-state index contributed by atoms with van der Waals surface area (Å²) in [6, 6.07) is 21.3. The lowest BCUT2D eigenvalue weighted by molar-refractivity contribution is -0.139. The molecule has 0 aromatic heterocycles. The van der Waals surface area contributed by atoms with Crippen molar-refractivity contribution in [1.29, 1.82) is 0 Å². The maximum atomic E-state index is 13.6. The highest BCUT2D eigenvalue weighted by atomic mass is 16.3. The Balaban J connectivity index is 1.70. The quantitative estimate of drug-likeness (QED) is 0.294. The van der Waals surface area contributed by atoms with Crippen molar-refractivity contribution in [2.24, 2.45) is 5.92 Å². The number of carbonyl (C=O) groups excluding carboxylic acids is 2. The van der Waals surface area contributed by atoms with E-state index in [0.29, 0.717) is 41.2 Å². The molecule has 1 aliphatic heterocycles. The maximum absolute atomic E-state index is 13.6. The Hall–Kier alpha value is -3.94. The van der Waals surface area contributed by atoms with E-state index in [1.165, 1.54) is 0 Å². The number of carbonyl (C=O) groups is 2. The second kappa shape index (κ2) is 10.1. The molecule has 3 aromatic carbocycles. The molecule has 7 nitrogen and oxygen atoms in total. The van der Waals surface area contributed by atoms with Crippen LogP contribution in [0.5, 0.6) is 0 Å². The van der Waals surface area contributed by atoms with Crippen LogP contribution in [0.4, 0.5) is 17.1 Å². The molecule has 180 valence electrons. The highest BCUT2D eigenvalue weighted by Gasteiger charge is 2.52. The summed E-state index contributed by atoms with van der Waals surface area (Å²) in [7, 11) is 0. The van der Waals surface area contributed by atoms with Crippen LogP contribution in [0.1, 0.15) is 34.8 Å². The number of nitrogens with two attached hydrogens (primary N) is 1. The van der Waals surface area contributed by atoms with E-state index < -0.39 is 17.4 Å². The SMILES string of the molecule is C[C@H](/C=C/CCO)[C@@]1(O)C(=O)N(Cc2ccccc2)c2ccc(NC(=O)c3ccc(N)cc3)cc21. The molecule has 0 saturated heterocycles. The van der Waals surface area contributed by atoms with Gasteiger partial charge in [0.2, 0.25) is 0 Å². The topological polar surface area (TPSA) is 116 Å². The molecule has 35 heavy (non-hydrogen) atoms. The highest BCUT2D eigenvalue weighted by Crippen LogP contribution is 2.46. The number of fused-ring (bicyclic) bond motifs is 1. The van der Waals surface area contributed by atoms with E-state index in [4.69, 9.17) is 10.8 Å². The molecule has 0 saturated carbocycles. The highest BCUT2D eigenvalue weighted by molar-refractivity contribution is 6.09. The minimum atomic E-state index is -1.82. The van der Waals surface area contributed by atoms with Gasteiger partial charge in [-0.05, 0) is 54.4 Å². The van der Waals surface area contributed by atoms with Crippen LogP contribution < -0.4 is 16.0 Å². The first-order chi connectivity index (χ1) is 16.8. The molecule has 0 radical (unpaired) electrons. The zero-order chi connectivity index (χ0) is 25.0. The number of hydrogen-bond donors (Lipinski definition) is 4. The standard InChI is InChI=1S/C28H29N3O4/c1-19(7-5-6-16-32)28(35)24-17-23(30-26(33)21-10-12-22(29)13-11-21)14-15-25(24)31(27(28)34)18-20-8-3-2-4-9-20/h2-5,7-15,17,19,32,35H,6,16,18,29H2,1H3,(H,30,33)/b7-5+/t19-,28+/m1/s1. The summed E-state index contributed by atoms with van der Waals surface area (Å²) in [5.41, 5.74) is 7.30. The number of aliphatic hydroxyl groups is 2. The van der Waals surface area contributed by atoms with Gasteiger partial charge in [-0.3, -0.25) is 9.59 Å². The van der Waals surface area contributed by atoms with Gasteiger partial charge in [-0.15, -0.1) is 0 Å². The van der Waals surface area contributed by atoms with Crippen molar-refractivity contribution >= 4 is 28.9 Å². The van der Waals surface area contributed by atoms with Gasteiger partial charge in [-0.25, -0.2) is 0 Å². The fourth-order valence-electron chi connectivity index (χ4n) is 4.30. The van der Waals surface area contributed by atoms with Crippen LogP contribution in [0.2, 0.25) is 0 Å². The van der Waals surface area contributed by atoms with E-state index in [9.17, 15) is 14.7 Å². The number of nitrogen functional groups attached to an aromatic ring is 1. The third-order valence-electron chi connectivity index (χ3n) is 6.26. The fourth-order valence-corrected chi connectivity index (χ4v) is 4.30. The van der Waals surface area contributed by atoms with Crippen molar-refractivity contribution in [3.8, 4) is 0 Å². The Morgan fingerprint density at radius 2 is 1.83 bits per heavy atom. The minimum Gasteiger partial charge on any atom is -0.399 e. The van der Waals surface area contributed by atoms with E-state index in [1.807, 2.05) is 30.3 Å². The Bertz CT molecular complexity index is 1240. The summed E-state index contributed by atoms with van der Waals surface area (Å²) >= 11 is 0. The Morgan fingerprint density at radius 1 is 1.11 bits per heavy atom. The maximum Gasteiger partial charge on any atom is 0.264 e. The van der Waals surface area contributed by atoms with Crippen molar-refractivity contribution in [3.63, 3.8) is 0 Å². The lowest BCUT2D eigenvalue weighted by Gasteiger charge is -2.28. The van der Waals surface area contributed by atoms with E-state index >= 15 is 0 Å². The summed E-state index contributed by atoms with van der Waals surface area (Å²) in [5, 5.41) is 23.8. The molecule has 0 spiro atoms. The molecule has 2 amide bonds. The zero-order valence-corrected chi connectivity index (χ0v) is 19.5. The minimum absolute atomic E-state index is 0.0202. The summed E-state index contributed by atoms with van der Waals surface area (Å²) in [4.78, 5) is 28.0. The van der Waals surface area contributed by atoms with Gasteiger partial charge in [0.1, 0.15) is 0 Å². The second-order valence-corrected chi connectivity index (χ2v) is 8.68. The largest absolute Gasteiger partial charge is 0.399 e. The average molecular weight is 472 g/mol. The van der Waals surface area contributed by atoms with Crippen LogP contribution in [0.15, 0.2) is 84.9 Å². The summed E-state index contributed by atoms with van der Waals surface area (Å²) in [6.07, 6.45) is 3.92. The predicted octanol–water partition coefficient (Wildman–Crippen LogP) is 3.83. The van der Waals surface area contributed by atoms with Gasteiger partial charge in [-0.2, -0.15) is 0 Å². The second-order valence-electron chi connectivity index (χ2n) is 8.68. The van der Waals surface area contributed by atoms with Gasteiger partial charge < -0.3 is 26.2 Å². The van der Waals surface area contributed by atoms with Crippen LogP contribution in [0, 0.1) is 5.92 Å². The van der Waals surface area contributed by atoms with Gasteiger partial charge in [-0.1, -0.05) is 49.4 Å². The van der Waals surface area contributed by atoms with Crippen LogP contribution in [-0.2, 0) is 16.9 Å². The van der Waals surface area contributed by atoms with Crippen LogP contribution in [0.25, 0.3) is 0 Å². The normalized spacial score (nSPS) is 18.0. The van der Waals surface area contributed by atoms with Gasteiger partial charge in [0.15, 0.2) is 5.60 Å². The Kier molecular flexibility index (Phi) is 7.00. The Labute approximate surface area is 204 Å². The van der Waals surface area contributed by atoms with Gasteiger partial charge in [0.05, 0.1) is 12.2 Å². The van der Waals surface area contributed by atoms with Crippen molar-refractivity contribution < 1.29 is 19.8 Å². The smallest absolute Gasteiger partial charge is 0.264 e. The molecule has 7 heteroatoms. The summed E-state index contributed by atoms with van der Waals surface area (Å²) in [6.45, 7) is 2.05. The van der Waals surface area contributed by atoms with E-state index in [-0.39, 0.29) is 12.5 Å². The molecule has 0 bridgehead atoms. The molecular weight excluding hydrogens is 442 g/mol. The molecule has 1 heterocycles. The lowest BCUT2D eigenvalue weighted by atomic mass is 9.82. The van der Waals surface area contributed by atoms with Gasteiger partial charge in [0, 0.05) is 35.0 Å². The number of nitrogens with zero attached hydrogens (tertiary/aromatic N) is 1. The molecule has 0 unspecified atom stereocenters. The number of rotatable bonds is 8. The number of benzene rings is 3. The molecule has 4 rings (SSSR count). The molecule has 5 N–H and O–H groups in total. The van der Waals surface area contributed by atoms with E-state index in [1.54, 1.807) is 66.4 Å². The molecular formula is C28H29N3O4. The van der Waals surface area contributed by atoms with Crippen LogP contribution >= 0.6 is 0 Å². The number of nitrogens with one attached hydrogen (secondary N) is 1. The van der Waals surface area contributed by atoms with Gasteiger partial charge in [0.25, 0.3) is 11.8 Å². The van der Waals surface area contributed by atoms with Crippen molar-refractivity contribution in [2.75, 3.05) is 22.6 Å². The van der Waals surface area contributed by atoms with Crippen molar-refractivity contribution in [2.45, 2.75) is 25.5 Å². The van der Waals surface area contributed by atoms with Gasteiger partial charge >= 0.3 is 0 Å². The predicted molar refractivity (Wildman–Crippen MR) is 137 cm³/mol. The third-order valence-corrected chi connectivity index (χ3v) is 6.26. The molecule has 0 fully saturated rings. The average Bonchev–Trinajstić information content (AvgIpc) is 3.07. The van der Waals surface area contributed by atoms with Crippen molar-refractivity contribution in [1.82, 2.24) is 0 Å². The van der Waals surface area contributed by atoms with Crippen LogP contribution in [-0.4, -0.2) is 28.6 Å². The molecule has 3 aromatic rings. The Morgan fingerprint density at radius 3 is 2.51 bits per heavy atom. The molecule has 2 atom stereocenters. The lowest BCUT2D eigenvalue weighted by Crippen LogP contribution is -2.44. The first-order valence-corrected chi connectivity index (χ1v) is 11.5. The van der Waals surface area contributed by atoms with E-state index in [0.717, 1.165) is 5.56 Å². The van der Waals surface area contributed by atoms with Crippen LogP contribution in [0.3, 0.4) is 0 Å². The number of hydrogen-bond acceptors (Lipinski definition) is 5. The monoisotopic (exact) mass is 471 g/mol. The van der Waals surface area contributed by atoms with Crippen molar-refractivity contribution in [3.05, 3.63) is 102 Å². The number of aliphatic hydroxyl groups excluding tert-OH is 1. The first kappa shape index (κ1) is 24.2.